The van der Waals surface area contributed by atoms with E-state index >= 15 is 0 Å². The monoisotopic (exact) mass is 242 g/mol. The van der Waals surface area contributed by atoms with Crippen LogP contribution in [0.25, 0.3) is 0 Å². The van der Waals surface area contributed by atoms with Gasteiger partial charge in [-0.05, 0) is 0 Å². The molecule has 1 unspecified atom stereocenters. The van der Waals surface area contributed by atoms with E-state index in [2.05, 4.69) is 12.7 Å². The Hall–Kier alpha value is -0.000519. The van der Waals surface area contributed by atoms with E-state index in [0.717, 1.165) is 19.8 Å². The van der Waals surface area contributed by atoms with Crippen molar-refractivity contribution in [3.63, 3.8) is 0 Å². The van der Waals surface area contributed by atoms with Gasteiger partial charge in [0.15, 0.2) is 0 Å². The molecule has 0 aromatic heterocycles. The summed E-state index contributed by atoms with van der Waals surface area (Å²) < 4.78 is 1.90. The summed E-state index contributed by atoms with van der Waals surface area (Å²) in [6, 6.07) is 0. The third-order valence-electron chi connectivity index (χ3n) is 3.00. The number of hydrogen-bond donors (Lipinski definition) is 0. The molecule has 0 saturated carbocycles. The molecule has 72 valence electrons. The van der Waals surface area contributed by atoms with Gasteiger partial charge in [0.25, 0.3) is 0 Å². The predicted octanol–water partition coefficient (Wildman–Crippen LogP) is 3.68. The molecule has 13 heavy (non-hydrogen) atoms. The van der Waals surface area contributed by atoms with Crippen molar-refractivity contribution < 1.29 is 0 Å². The van der Waals surface area contributed by atoms with Crippen molar-refractivity contribution in [3.8, 4) is 0 Å². The Morgan fingerprint density at radius 3 is 3.00 bits per heavy atom. The molecular formula is C12H18Se. The fraction of sp³-hybridized carbons (Fsp3) is 0.667. The standard InChI is InChI=1S/C12H18Se/c1-2-3-7-11-9-10-6-4-5-8-12(10)13-11/h2,11H,1,3-9H2. The molecule has 0 aromatic carbocycles. The van der Waals surface area contributed by atoms with Gasteiger partial charge in [0.05, 0.1) is 0 Å². The Balaban J connectivity index is 1.86. The summed E-state index contributed by atoms with van der Waals surface area (Å²) in [7, 11) is 0. The minimum absolute atomic E-state index is 0.860. The molecule has 2 rings (SSSR count). The molecule has 0 nitrogen and oxygen atoms in total. The first-order valence-corrected chi connectivity index (χ1v) is 7.23. The first-order chi connectivity index (χ1) is 6.40. The molecule has 1 aliphatic heterocycles. The van der Waals surface area contributed by atoms with E-state index in [1.54, 1.807) is 0 Å². The Morgan fingerprint density at radius 1 is 1.38 bits per heavy atom. The molecule has 0 N–H and O–H groups in total. The van der Waals surface area contributed by atoms with E-state index in [1.807, 2.05) is 10.0 Å². The summed E-state index contributed by atoms with van der Waals surface area (Å²) in [5.74, 6) is 0. The van der Waals surface area contributed by atoms with Gasteiger partial charge in [-0.25, -0.2) is 0 Å². The topological polar surface area (TPSA) is 0 Å². The van der Waals surface area contributed by atoms with Gasteiger partial charge in [0.2, 0.25) is 0 Å². The molecule has 1 heterocycles. The first-order valence-electron chi connectivity index (χ1n) is 5.38. The van der Waals surface area contributed by atoms with Crippen molar-refractivity contribution >= 4 is 15.0 Å². The van der Waals surface area contributed by atoms with Crippen LogP contribution in [-0.2, 0) is 0 Å². The van der Waals surface area contributed by atoms with Gasteiger partial charge in [0, 0.05) is 0 Å². The molecule has 0 radical (unpaired) electrons. The fourth-order valence-electron chi connectivity index (χ4n) is 2.28. The molecule has 1 heteroatoms. The zero-order chi connectivity index (χ0) is 9.10. The van der Waals surface area contributed by atoms with E-state index in [0.29, 0.717) is 0 Å². The summed E-state index contributed by atoms with van der Waals surface area (Å²) >= 11 is 0.860. The summed E-state index contributed by atoms with van der Waals surface area (Å²) in [5.41, 5.74) is 1.86. The second-order valence-corrected chi connectivity index (χ2v) is 6.97. The van der Waals surface area contributed by atoms with E-state index in [1.165, 1.54) is 44.9 Å². The SMILES string of the molecule is C=CCCC1CC2=C(CCCC2)[Se]1. The van der Waals surface area contributed by atoms with E-state index in [-0.39, 0.29) is 0 Å². The molecule has 2 aliphatic rings. The number of hydrogen-bond acceptors (Lipinski definition) is 0. The molecule has 0 fully saturated rings. The van der Waals surface area contributed by atoms with Gasteiger partial charge in [0.1, 0.15) is 0 Å². The average molecular weight is 241 g/mol. The van der Waals surface area contributed by atoms with Crippen LogP contribution in [0.2, 0.25) is 4.82 Å². The van der Waals surface area contributed by atoms with Crippen LogP contribution in [0.3, 0.4) is 0 Å². The fourth-order valence-corrected chi connectivity index (χ4v) is 5.54. The second kappa shape index (κ2) is 4.48. The zero-order valence-corrected chi connectivity index (χ0v) is 9.93. The second-order valence-electron chi connectivity index (χ2n) is 4.04. The first kappa shape index (κ1) is 9.55. The normalized spacial score (nSPS) is 27.5. The van der Waals surface area contributed by atoms with Gasteiger partial charge in [-0.2, -0.15) is 0 Å². The zero-order valence-electron chi connectivity index (χ0n) is 8.22. The number of rotatable bonds is 3. The minimum atomic E-state index is 0.860. The van der Waals surface area contributed by atoms with E-state index < -0.39 is 0 Å². The van der Waals surface area contributed by atoms with Crippen molar-refractivity contribution in [2.45, 2.75) is 49.8 Å². The molecule has 1 aliphatic carbocycles. The summed E-state index contributed by atoms with van der Waals surface area (Å²) in [6.45, 7) is 3.81. The summed E-state index contributed by atoms with van der Waals surface area (Å²) in [4.78, 5) is 1.04. The van der Waals surface area contributed by atoms with Crippen molar-refractivity contribution in [1.29, 1.82) is 0 Å². The Kier molecular flexibility index (Phi) is 3.29. The maximum atomic E-state index is 3.81. The molecule has 0 aromatic rings. The van der Waals surface area contributed by atoms with Gasteiger partial charge >= 0.3 is 87.4 Å². The van der Waals surface area contributed by atoms with Gasteiger partial charge in [-0.3, -0.25) is 0 Å². The average Bonchev–Trinajstić information content (AvgIpc) is 2.57. The molecule has 1 atom stereocenters. The Morgan fingerprint density at radius 2 is 2.23 bits per heavy atom. The van der Waals surface area contributed by atoms with E-state index in [4.69, 9.17) is 0 Å². The van der Waals surface area contributed by atoms with Crippen LogP contribution >= 0.6 is 0 Å². The van der Waals surface area contributed by atoms with Crippen LogP contribution in [0.15, 0.2) is 22.7 Å². The number of allylic oxidation sites excluding steroid dienone is 3. The molecule has 0 bridgehead atoms. The van der Waals surface area contributed by atoms with Crippen LogP contribution in [0, 0.1) is 0 Å². The van der Waals surface area contributed by atoms with Crippen LogP contribution in [0.5, 0.6) is 0 Å². The maximum absolute atomic E-state index is 3.81. The molecule has 0 spiro atoms. The summed E-state index contributed by atoms with van der Waals surface area (Å²) in [6.07, 6.45) is 12.0. The Labute approximate surface area is 87.6 Å². The Bertz CT molecular complexity index is 209. The van der Waals surface area contributed by atoms with Crippen molar-refractivity contribution in [1.82, 2.24) is 0 Å². The van der Waals surface area contributed by atoms with Crippen molar-refractivity contribution in [2.75, 3.05) is 0 Å². The predicted molar refractivity (Wildman–Crippen MR) is 59.0 cm³/mol. The summed E-state index contributed by atoms with van der Waals surface area (Å²) in [5, 5.41) is 0. The van der Waals surface area contributed by atoms with Crippen LogP contribution in [0.1, 0.15) is 44.9 Å². The van der Waals surface area contributed by atoms with E-state index in [9.17, 15) is 0 Å². The van der Waals surface area contributed by atoms with Crippen LogP contribution in [-0.4, -0.2) is 15.0 Å². The van der Waals surface area contributed by atoms with Gasteiger partial charge in [-0.15, -0.1) is 0 Å². The molecule has 0 saturated heterocycles. The quantitative estimate of drug-likeness (QED) is 0.522. The van der Waals surface area contributed by atoms with Crippen LogP contribution in [0.4, 0.5) is 0 Å². The molecular weight excluding hydrogens is 223 g/mol. The van der Waals surface area contributed by atoms with Gasteiger partial charge < -0.3 is 0 Å². The molecule has 0 amide bonds. The van der Waals surface area contributed by atoms with Crippen molar-refractivity contribution in [2.24, 2.45) is 0 Å². The van der Waals surface area contributed by atoms with Crippen molar-refractivity contribution in [3.05, 3.63) is 22.7 Å². The van der Waals surface area contributed by atoms with Gasteiger partial charge in [-0.1, -0.05) is 0 Å². The van der Waals surface area contributed by atoms with Crippen LogP contribution < -0.4 is 0 Å². The third-order valence-corrected chi connectivity index (χ3v) is 6.18. The third kappa shape index (κ3) is 2.27.